The van der Waals surface area contributed by atoms with Crippen LogP contribution in [0.3, 0.4) is 0 Å². The lowest BCUT2D eigenvalue weighted by Gasteiger charge is -2.10. The van der Waals surface area contributed by atoms with Crippen LogP contribution in [0.5, 0.6) is 17.2 Å². The van der Waals surface area contributed by atoms with Crippen LogP contribution in [-0.4, -0.2) is 31.7 Å². The van der Waals surface area contributed by atoms with E-state index in [4.69, 9.17) is 14.2 Å². The molecular formula is C20H22N2O6. The van der Waals surface area contributed by atoms with E-state index >= 15 is 0 Å². The van der Waals surface area contributed by atoms with Crippen molar-refractivity contribution >= 4 is 23.4 Å². The van der Waals surface area contributed by atoms with Gasteiger partial charge in [-0.05, 0) is 36.3 Å². The second-order valence-corrected chi connectivity index (χ2v) is 5.72. The van der Waals surface area contributed by atoms with Gasteiger partial charge in [0.15, 0.2) is 5.75 Å². The number of nitrogens with zero attached hydrogens (tertiary/aromatic N) is 1. The van der Waals surface area contributed by atoms with Crippen molar-refractivity contribution in [3.05, 3.63) is 58.2 Å². The van der Waals surface area contributed by atoms with Crippen molar-refractivity contribution in [3.63, 3.8) is 0 Å². The summed E-state index contributed by atoms with van der Waals surface area (Å²) < 4.78 is 15.7. The van der Waals surface area contributed by atoms with Gasteiger partial charge in [0.1, 0.15) is 11.5 Å². The number of nitrogens with one attached hydrogen (secondary N) is 1. The van der Waals surface area contributed by atoms with Gasteiger partial charge in [-0.1, -0.05) is 13.0 Å². The second-order valence-electron chi connectivity index (χ2n) is 5.72. The van der Waals surface area contributed by atoms with Crippen molar-refractivity contribution in [2.45, 2.75) is 13.3 Å². The van der Waals surface area contributed by atoms with Crippen LogP contribution >= 0.6 is 0 Å². The smallest absolute Gasteiger partial charge is 0.311 e. The topological polar surface area (TPSA) is 99.9 Å². The lowest BCUT2D eigenvalue weighted by molar-refractivity contribution is -0.385. The summed E-state index contributed by atoms with van der Waals surface area (Å²) in [4.78, 5) is 23.0. The summed E-state index contributed by atoms with van der Waals surface area (Å²) in [5, 5.41) is 13.9. The predicted molar refractivity (Wildman–Crippen MR) is 106 cm³/mol. The highest BCUT2D eigenvalue weighted by molar-refractivity contribution is 6.03. The number of nitro groups is 1. The van der Waals surface area contributed by atoms with Gasteiger partial charge in [-0.25, -0.2) is 0 Å². The standard InChI is InChI=1S/C20H22N2O6/c1-4-11-28-19-8-5-14(12-17(19)22(24)25)6-10-20(23)21-16-13-15(26-2)7-9-18(16)27-3/h5-10,12-13H,4,11H2,1-3H3,(H,21,23)/b10-6+. The van der Waals surface area contributed by atoms with Gasteiger partial charge in [0.05, 0.1) is 31.4 Å². The SMILES string of the molecule is CCCOc1ccc(/C=C/C(=O)Nc2cc(OC)ccc2OC)cc1[N+](=O)[O-]. The predicted octanol–water partition coefficient (Wildman–Crippen LogP) is 4.05. The fourth-order valence-corrected chi connectivity index (χ4v) is 2.37. The molecular weight excluding hydrogens is 364 g/mol. The largest absolute Gasteiger partial charge is 0.497 e. The number of amides is 1. The lowest BCUT2D eigenvalue weighted by Crippen LogP contribution is -2.09. The summed E-state index contributed by atoms with van der Waals surface area (Å²) in [6.07, 6.45) is 3.51. The van der Waals surface area contributed by atoms with Crippen LogP contribution in [0.4, 0.5) is 11.4 Å². The minimum absolute atomic E-state index is 0.148. The summed E-state index contributed by atoms with van der Waals surface area (Å²) in [6, 6.07) is 9.56. The Balaban J connectivity index is 2.16. The van der Waals surface area contributed by atoms with Crippen molar-refractivity contribution < 1.29 is 23.9 Å². The molecule has 0 aliphatic rings. The highest BCUT2D eigenvalue weighted by Crippen LogP contribution is 2.30. The lowest BCUT2D eigenvalue weighted by atomic mass is 10.1. The van der Waals surface area contributed by atoms with Crippen LogP contribution in [0, 0.1) is 10.1 Å². The molecule has 0 saturated carbocycles. The molecule has 0 spiro atoms. The van der Waals surface area contributed by atoms with Crippen molar-refractivity contribution in [1.82, 2.24) is 0 Å². The average Bonchev–Trinajstić information content (AvgIpc) is 2.70. The van der Waals surface area contributed by atoms with Gasteiger partial charge in [0.25, 0.3) is 0 Å². The number of methoxy groups -OCH3 is 2. The third kappa shape index (κ3) is 5.47. The van der Waals surface area contributed by atoms with Gasteiger partial charge in [-0.2, -0.15) is 0 Å². The fraction of sp³-hybridized carbons (Fsp3) is 0.250. The first kappa shape index (κ1) is 20.8. The van der Waals surface area contributed by atoms with Crippen LogP contribution in [0.25, 0.3) is 6.08 Å². The Morgan fingerprint density at radius 3 is 2.54 bits per heavy atom. The molecule has 8 heteroatoms. The molecule has 0 fully saturated rings. The maximum absolute atomic E-state index is 12.2. The quantitative estimate of drug-likeness (QED) is 0.396. The molecule has 0 saturated heterocycles. The van der Waals surface area contributed by atoms with Crippen LogP contribution in [-0.2, 0) is 4.79 Å². The maximum atomic E-state index is 12.2. The zero-order valence-electron chi connectivity index (χ0n) is 15.9. The third-order valence-corrected chi connectivity index (χ3v) is 3.73. The van der Waals surface area contributed by atoms with Gasteiger partial charge in [-0.15, -0.1) is 0 Å². The van der Waals surface area contributed by atoms with Gasteiger partial charge < -0.3 is 19.5 Å². The number of benzene rings is 2. The average molecular weight is 386 g/mol. The zero-order chi connectivity index (χ0) is 20.5. The highest BCUT2D eigenvalue weighted by atomic mass is 16.6. The first-order chi connectivity index (χ1) is 13.5. The van der Waals surface area contributed by atoms with E-state index in [1.165, 1.54) is 38.5 Å². The van der Waals surface area contributed by atoms with E-state index in [0.717, 1.165) is 6.42 Å². The summed E-state index contributed by atoms with van der Waals surface area (Å²) in [7, 11) is 3.02. The Morgan fingerprint density at radius 2 is 1.89 bits per heavy atom. The van der Waals surface area contributed by atoms with Gasteiger partial charge in [0, 0.05) is 18.2 Å². The molecule has 0 aliphatic carbocycles. The highest BCUT2D eigenvalue weighted by Gasteiger charge is 2.15. The molecule has 0 unspecified atom stereocenters. The van der Waals surface area contributed by atoms with E-state index in [1.54, 1.807) is 24.3 Å². The number of rotatable bonds is 9. The van der Waals surface area contributed by atoms with Gasteiger partial charge in [-0.3, -0.25) is 14.9 Å². The van der Waals surface area contributed by atoms with E-state index in [2.05, 4.69) is 5.32 Å². The van der Waals surface area contributed by atoms with Crippen LogP contribution < -0.4 is 19.5 Å². The van der Waals surface area contributed by atoms with E-state index in [0.29, 0.717) is 29.4 Å². The Labute approximate surface area is 162 Å². The number of carbonyl (C=O) groups is 1. The number of hydrogen-bond acceptors (Lipinski definition) is 6. The molecule has 2 rings (SSSR count). The minimum atomic E-state index is -0.510. The number of nitro benzene ring substituents is 1. The number of hydrogen-bond donors (Lipinski definition) is 1. The van der Waals surface area contributed by atoms with Gasteiger partial charge >= 0.3 is 5.69 Å². The molecule has 8 nitrogen and oxygen atoms in total. The number of anilines is 1. The van der Waals surface area contributed by atoms with Crippen molar-refractivity contribution in [2.75, 3.05) is 26.1 Å². The van der Waals surface area contributed by atoms with E-state index in [-0.39, 0.29) is 11.4 Å². The molecule has 0 aromatic heterocycles. The summed E-state index contributed by atoms with van der Waals surface area (Å²) >= 11 is 0. The molecule has 1 amide bonds. The van der Waals surface area contributed by atoms with Crippen LogP contribution in [0.2, 0.25) is 0 Å². The first-order valence-electron chi connectivity index (χ1n) is 8.60. The molecule has 0 atom stereocenters. The summed E-state index contributed by atoms with van der Waals surface area (Å²) in [6.45, 7) is 2.31. The number of ether oxygens (including phenoxy) is 3. The van der Waals surface area contributed by atoms with E-state index in [1.807, 2.05) is 6.92 Å². The molecule has 1 N–H and O–H groups in total. The molecule has 2 aromatic carbocycles. The van der Waals surface area contributed by atoms with Crippen molar-refractivity contribution in [2.24, 2.45) is 0 Å². The Kier molecular flexibility index (Phi) is 7.38. The Bertz CT molecular complexity index is 879. The second kappa shape index (κ2) is 9.96. The molecule has 148 valence electrons. The van der Waals surface area contributed by atoms with Crippen molar-refractivity contribution in [1.29, 1.82) is 0 Å². The van der Waals surface area contributed by atoms with Gasteiger partial charge in [0.2, 0.25) is 5.91 Å². The molecule has 0 radical (unpaired) electrons. The molecule has 0 aliphatic heterocycles. The maximum Gasteiger partial charge on any atom is 0.311 e. The van der Waals surface area contributed by atoms with E-state index in [9.17, 15) is 14.9 Å². The molecule has 28 heavy (non-hydrogen) atoms. The summed E-state index contributed by atoms with van der Waals surface area (Å²) in [5.41, 5.74) is 0.805. The first-order valence-corrected chi connectivity index (χ1v) is 8.60. The molecule has 0 bridgehead atoms. The van der Waals surface area contributed by atoms with Crippen LogP contribution in [0.15, 0.2) is 42.5 Å². The minimum Gasteiger partial charge on any atom is -0.497 e. The zero-order valence-corrected chi connectivity index (χ0v) is 15.9. The fourth-order valence-electron chi connectivity index (χ4n) is 2.37. The van der Waals surface area contributed by atoms with E-state index < -0.39 is 10.8 Å². The Morgan fingerprint density at radius 1 is 1.14 bits per heavy atom. The van der Waals surface area contributed by atoms with Crippen LogP contribution in [0.1, 0.15) is 18.9 Å². The Hall–Kier alpha value is -3.55. The number of carbonyl (C=O) groups excluding carboxylic acids is 1. The summed E-state index contributed by atoms with van der Waals surface area (Å²) in [5.74, 6) is 0.837. The molecule has 0 heterocycles. The van der Waals surface area contributed by atoms with Crippen molar-refractivity contribution in [3.8, 4) is 17.2 Å². The molecule has 2 aromatic rings. The monoisotopic (exact) mass is 386 g/mol. The normalized spacial score (nSPS) is 10.5. The third-order valence-electron chi connectivity index (χ3n) is 3.73.